The zero-order valence-electron chi connectivity index (χ0n) is 12.2. The summed E-state index contributed by atoms with van der Waals surface area (Å²) in [4.78, 5) is 17.8. The molecule has 2 aliphatic rings. The number of rotatable bonds is 4. The third-order valence-electron chi connectivity index (χ3n) is 3.96. The second kappa shape index (κ2) is 5.85. The lowest BCUT2D eigenvalue weighted by atomic mass is 9.95. The molecule has 1 N–H and O–H groups in total. The minimum atomic E-state index is -0.927. The highest BCUT2D eigenvalue weighted by Gasteiger charge is 2.42. The average molecular weight is 288 g/mol. The highest BCUT2D eigenvalue weighted by Crippen LogP contribution is 2.26. The van der Waals surface area contributed by atoms with Gasteiger partial charge in [0.25, 0.3) is 5.91 Å². The van der Waals surface area contributed by atoms with E-state index in [2.05, 4.69) is 10.5 Å². The number of hydrogen-bond acceptors (Lipinski definition) is 4. The van der Waals surface area contributed by atoms with Crippen LogP contribution in [0, 0.1) is 0 Å². The first-order valence-corrected chi connectivity index (χ1v) is 7.38. The number of nitrogens with zero attached hydrogens (tertiary/aromatic N) is 1. The van der Waals surface area contributed by atoms with E-state index in [-0.39, 0.29) is 12.0 Å². The number of amides is 1. The molecule has 3 rings (SSSR count). The first kappa shape index (κ1) is 14.1. The Labute approximate surface area is 124 Å². The Morgan fingerprint density at radius 2 is 2.24 bits per heavy atom. The van der Waals surface area contributed by atoms with E-state index in [0.29, 0.717) is 13.0 Å². The van der Waals surface area contributed by atoms with E-state index in [9.17, 15) is 4.79 Å². The fourth-order valence-corrected chi connectivity index (χ4v) is 2.65. The molecule has 2 aliphatic heterocycles. The molecular formula is C16H20N2O3. The summed E-state index contributed by atoms with van der Waals surface area (Å²) in [6, 6.07) is 9.79. The van der Waals surface area contributed by atoms with E-state index >= 15 is 0 Å². The van der Waals surface area contributed by atoms with Gasteiger partial charge in [-0.3, -0.25) is 4.79 Å². The number of carbonyl (C=O) groups excluding carboxylic acids is 1. The van der Waals surface area contributed by atoms with Gasteiger partial charge >= 0.3 is 0 Å². The lowest BCUT2D eigenvalue weighted by Gasteiger charge is -2.21. The van der Waals surface area contributed by atoms with Gasteiger partial charge in [-0.2, -0.15) is 0 Å². The molecule has 0 aromatic heterocycles. The van der Waals surface area contributed by atoms with Gasteiger partial charge in [-0.05, 0) is 25.3 Å². The Hall–Kier alpha value is -1.88. The van der Waals surface area contributed by atoms with Gasteiger partial charge in [0.2, 0.25) is 5.60 Å². The van der Waals surface area contributed by atoms with Crippen molar-refractivity contribution in [1.82, 2.24) is 5.32 Å². The Bertz CT molecular complexity index is 538. The van der Waals surface area contributed by atoms with E-state index in [0.717, 1.165) is 30.7 Å². The predicted octanol–water partition coefficient (Wildman–Crippen LogP) is 1.86. The molecule has 1 aromatic rings. The van der Waals surface area contributed by atoms with E-state index in [1.54, 1.807) is 6.92 Å². The minimum absolute atomic E-state index is 0.132. The van der Waals surface area contributed by atoms with Gasteiger partial charge in [-0.25, -0.2) is 0 Å². The molecule has 1 aromatic carbocycles. The van der Waals surface area contributed by atoms with Crippen LogP contribution in [0.15, 0.2) is 35.5 Å². The minimum Gasteiger partial charge on any atom is -0.379 e. The number of hydrogen-bond donors (Lipinski definition) is 1. The van der Waals surface area contributed by atoms with Gasteiger partial charge in [0.1, 0.15) is 0 Å². The normalized spacial score (nSPS) is 28.0. The molecule has 0 bridgehead atoms. The lowest BCUT2D eigenvalue weighted by molar-refractivity contribution is -0.142. The molecule has 0 aliphatic carbocycles. The third-order valence-corrected chi connectivity index (χ3v) is 3.96. The summed E-state index contributed by atoms with van der Waals surface area (Å²) in [7, 11) is 0. The monoisotopic (exact) mass is 288 g/mol. The Morgan fingerprint density at radius 1 is 1.43 bits per heavy atom. The van der Waals surface area contributed by atoms with Crippen molar-refractivity contribution in [3.05, 3.63) is 35.9 Å². The molecule has 5 nitrogen and oxygen atoms in total. The second-order valence-corrected chi connectivity index (χ2v) is 5.75. The quantitative estimate of drug-likeness (QED) is 0.920. The second-order valence-electron chi connectivity index (χ2n) is 5.75. The maximum absolute atomic E-state index is 12.3. The van der Waals surface area contributed by atoms with Crippen molar-refractivity contribution in [2.24, 2.45) is 5.16 Å². The van der Waals surface area contributed by atoms with Crippen LogP contribution in [0.25, 0.3) is 0 Å². The molecule has 1 saturated heterocycles. The van der Waals surface area contributed by atoms with Gasteiger partial charge in [-0.1, -0.05) is 35.5 Å². The summed E-state index contributed by atoms with van der Waals surface area (Å²) >= 11 is 0. The maximum Gasteiger partial charge on any atom is 0.267 e. The van der Waals surface area contributed by atoms with Crippen molar-refractivity contribution in [3.63, 3.8) is 0 Å². The van der Waals surface area contributed by atoms with Gasteiger partial charge < -0.3 is 14.9 Å². The first-order chi connectivity index (χ1) is 10.2. The molecule has 2 atom stereocenters. The highest BCUT2D eigenvalue weighted by molar-refractivity contribution is 6.05. The molecule has 0 unspecified atom stereocenters. The van der Waals surface area contributed by atoms with Crippen molar-refractivity contribution in [1.29, 1.82) is 0 Å². The summed E-state index contributed by atoms with van der Waals surface area (Å²) in [5.41, 5.74) is 0.877. The summed E-state index contributed by atoms with van der Waals surface area (Å²) in [6.07, 6.45) is 2.68. The van der Waals surface area contributed by atoms with E-state index in [4.69, 9.17) is 9.57 Å². The highest BCUT2D eigenvalue weighted by atomic mass is 16.7. The van der Waals surface area contributed by atoms with Crippen LogP contribution in [-0.4, -0.2) is 36.5 Å². The van der Waals surface area contributed by atoms with Crippen molar-refractivity contribution in [2.45, 2.75) is 37.9 Å². The van der Waals surface area contributed by atoms with Crippen LogP contribution in [-0.2, 0) is 14.4 Å². The van der Waals surface area contributed by atoms with Crippen LogP contribution >= 0.6 is 0 Å². The fourth-order valence-electron chi connectivity index (χ4n) is 2.65. The molecule has 21 heavy (non-hydrogen) atoms. The van der Waals surface area contributed by atoms with E-state index < -0.39 is 5.60 Å². The number of benzene rings is 1. The molecular weight excluding hydrogens is 268 g/mol. The third kappa shape index (κ3) is 3.08. The number of nitrogens with one attached hydrogen (secondary N) is 1. The van der Waals surface area contributed by atoms with Crippen molar-refractivity contribution in [3.8, 4) is 0 Å². The number of ether oxygens (including phenoxy) is 1. The number of carbonyl (C=O) groups is 1. The summed E-state index contributed by atoms with van der Waals surface area (Å²) in [5.74, 6) is -0.132. The van der Waals surface area contributed by atoms with Crippen LogP contribution in [0.4, 0.5) is 0 Å². The van der Waals surface area contributed by atoms with Crippen LogP contribution in [0.2, 0.25) is 0 Å². The van der Waals surface area contributed by atoms with Crippen molar-refractivity contribution < 1.29 is 14.4 Å². The van der Waals surface area contributed by atoms with Crippen LogP contribution in [0.1, 0.15) is 31.7 Å². The molecule has 0 saturated carbocycles. The smallest absolute Gasteiger partial charge is 0.267 e. The SMILES string of the molecule is C[C@]1(C(=O)NC[C@H]2CCCO2)CC(c2ccccc2)=NO1. The van der Waals surface area contributed by atoms with E-state index in [1.165, 1.54) is 0 Å². The molecule has 2 heterocycles. The molecule has 112 valence electrons. The van der Waals surface area contributed by atoms with Gasteiger partial charge in [0.15, 0.2) is 0 Å². The summed E-state index contributed by atoms with van der Waals surface area (Å²) in [5, 5.41) is 7.00. The Kier molecular flexibility index (Phi) is 3.92. The fraction of sp³-hybridized carbons (Fsp3) is 0.500. The molecule has 1 fully saturated rings. The topological polar surface area (TPSA) is 59.9 Å². The molecule has 0 radical (unpaired) electrons. The Balaban J connectivity index is 1.57. The zero-order chi connectivity index (χ0) is 14.7. The number of oxime groups is 1. The van der Waals surface area contributed by atoms with Gasteiger partial charge in [0.05, 0.1) is 11.8 Å². The van der Waals surface area contributed by atoms with Gasteiger partial charge in [-0.15, -0.1) is 0 Å². The van der Waals surface area contributed by atoms with Crippen LogP contribution in [0.3, 0.4) is 0 Å². The zero-order valence-corrected chi connectivity index (χ0v) is 12.2. The summed E-state index contributed by atoms with van der Waals surface area (Å²) in [6.45, 7) is 3.10. The largest absolute Gasteiger partial charge is 0.379 e. The predicted molar refractivity (Wildman–Crippen MR) is 79.1 cm³/mol. The Morgan fingerprint density at radius 3 is 2.95 bits per heavy atom. The van der Waals surface area contributed by atoms with Crippen molar-refractivity contribution >= 4 is 11.6 Å². The van der Waals surface area contributed by atoms with Gasteiger partial charge in [0, 0.05) is 19.6 Å². The standard InChI is InChI=1S/C16H20N2O3/c1-16(15(19)17-11-13-8-5-9-20-13)10-14(18-21-16)12-6-3-2-4-7-12/h2-4,6-7,13H,5,8-11H2,1H3,(H,17,19)/t13-,16-/m1/s1. The van der Waals surface area contributed by atoms with E-state index in [1.807, 2.05) is 30.3 Å². The summed E-state index contributed by atoms with van der Waals surface area (Å²) < 4.78 is 5.51. The lowest BCUT2D eigenvalue weighted by Crippen LogP contribution is -2.46. The first-order valence-electron chi connectivity index (χ1n) is 7.38. The average Bonchev–Trinajstić information content (AvgIpc) is 3.16. The van der Waals surface area contributed by atoms with Crippen molar-refractivity contribution in [2.75, 3.05) is 13.2 Å². The van der Waals surface area contributed by atoms with Crippen LogP contribution in [0.5, 0.6) is 0 Å². The molecule has 1 amide bonds. The molecule has 5 heteroatoms. The molecule has 0 spiro atoms. The maximum atomic E-state index is 12.3. The van der Waals surface area contributed by atoms with Crippen LogP contribution < -0.4 is 5.32 Å².